The molecule has 0 aliphatic carbocycles. The van der Waals surface area contributed by atoms with Crippen LogP contribution in [-0.2, 0) is 10.3 Å². The number of aromatic nitrogens is 1. The number of rotatable bonds is 3. The van der Waals surface area contributed by atoms with E-state index in [1.165, 1.54) is 11.0 Å². The standard InChI is InChI=1S/C25H24Cl2F2N2O4/c1-24(2,3)34-23(32)31-10-9-25(33,14-7-8-18(28)19(29)11-14)15(13-31)20-12-21(35-30-20)22-16(26)5-4-6-17(22)27/h4-8,11-12,15,33H,9-10,13H2,1-3H3/t15-,25-/m0/s1. The second kappa shape index (κ2) is 9.41. The van der Waals surface area contributed by atoms with Crippen LogP contribution in [0.1, 0.15) is 44.4 Å². The van der Waals surface area contributed by atoms with Crippen LogP contribution < -0.4 is 0 Å². The molecule has 3 aromatic rings. The molecule has 0 radical (unpaired) electrons. The molecule has 1 fully saturated rings. The van der Waals surface area contributed by atoms with E-state index >= 15 is 0 Å². The van der Waals surface area contributed by atoms with E-state index in [-0.39, 0.29) is 36.5 Å². The minimum atomic E-state index is -1.68. The van der Waals surface area contributed by atoms with Gasteiger partial charge >= 0.3 is 6.09 Å². The molecule has 0 spiro atoms. The average molecular weight is 525 g/mol. The van der Waals surface area contributed by atoms with Crippen molar-refractivity contribution in [2.75, 3.05) is 13.1 Å². The van der Waals surface area contributed by atoms with Crippen molar-refractivity contribution in [1.29, 1.82) is 0 Å². The summed E-state index contributed by atoms with van der Waals surface area (Å²) >= 11 is 12.6. The van der Waals surface area contributed by atoms with Crippen LogP contribution in [-0.4, -0.2) is 39.9 Å². The van der Waals surface area contributed by atoms with Crippen molar-refractivity contribution in [3.05, 3.63) is 75.4 Å². The molecule has 1 amide bonds. The maximum absolute atomic E-state index is 14.1. The highest BCUT2D eigenvalue weighted by atomic mass is 35.5. The number of likely N-dealkylation sites (tertiary alicyclic amines) is 1. The Bertz CT molecular complexity index is 1240. The van der Waals surface area contributed by atoms with Crippen LogP contribution in [0.15, 0.2) is 47.0 Å². The van der Waals surface area contributed by atoms with E-state index in [9.17, 15) is 18.7 Å². The van der Waals surface area contributed by atoms with Gasteiger partial charge in [0.1, 0.15) is 11.2 Å². The van der Waals surface area contributed by atoms with Crippen LogP contribution in [0, 0.1) is 11.6 Å². The average Bonchev–Trinajstić information content (AvgIpc) is 3.24. The van der Waals surface area contributed by atoms with Crippen molar-refractivity contribution in [3.8, 4) is 11.3 Å². The third-order valence-electron chi connectivity index (χ3n) is 5.91. The van der Waals surface area contributed by atoms with Crippen molar-refractivity contribution >= 4 is 29.3 Å². The zero-order valence-corrected chi connectivity index (χ0v) is 20.8. The number of aliphatic hydroxyl groups is 1. The highest BCUT2D eigenvalue weighted by molar-refractivity contribution is 6.39. The number of piperidine rings is 1. The predicted molar refractivity (Wildman–Crippen MR) is 127 cm³/mol. The molecule has 1 N–H and O–H groups in total. The number of hydrogen-bond acceptors (Lipinski definition) is 5. The molecule has 4 rings (SSSR count). The smallest absolute Gasteiger partial charge is 0.410 e. The largest absolute Gasteiger partial charge is 0.444 e. The quantitative estimate of drug-likeness (QED) is 0.421. The van der Waals surface area contributed by atoms with Gasteiger partial charge in [-0.2, -0.15) is 0 Å². The van der Waals surface area contributed by atoms with Gasteiger partial charge in [0.05, 0.1) is 27.2 Å². The minimum Gasteiger partial charge on any atom is -0.444 e. The van der Waals surface area contributed by atoms with Gasteiger partial charge in [0, 0.05) is 19.2 Å². The van der Waals surface area contributed by atoms with Gasteiger partial charge in [-0.05, 0) is 57.0 Å². The fraction of sp³-hybridized carbons (Fsp3) is 0.360. The normalized spacial score (nSPS) is 20.7. The first kappa shape index (κ1) is 25.4. The highest BCUT2D eigenvalue weighted by Crippen LogP contribution is 2.45. The third kappa shape index (κ3) is 5.15. The molecule has 1 saturated heterocycles. The van der Waals surface area contributed by atoms with Gasteiger partial charge in [-0.1, -0.05) is 40.5 Å². The second-order valence-electron chi connectivity index (χ2n) is 9.49. The summed E-state index contributed by atoms with van der Waals surface area (Å²) in [6, 6.07) is 9.78. The minimum absolute atomic E-state index is 0.00731. The van der Waals surface area contributed by atoms with Crippen LogP contribution in [0.2, 0.25) is 10.0 Å². The summed E-state index contributed by atoms with van der Waals surface area (Å²) in [6.45, 7) is 5.37. The van der Waals surface area contributed by atoms with Crippen molar-refractivity contribution in [3.63, 3.8) is 0 Å². The molecule has 35 heavy (non-hydrogen) atoms. The van der Waals surface area contributed by atoms with E-state index in [1.54, 1.807) is 45.0 Å². The van der Waals surface area contributed by atoms with Crippen molar-refractivity contribution in [1.82, 2.24) is 10.1 Å². The zero-order valence-electron chi connectivity index (χ0n) is 19.3. The number of amides is 1. The fourth-order valence-electron chi connectivity index (χ4n) is 4.19. The van der Waals surface area contributed by atoms with Crippen LogP contribution in [0.3, 0.4) is 0 Å². The molecular formula is C25H24Cl2F2N2O4. The molecule has 1 aliphatic rings. The van der Waals surface area contributed by atoms with Crippen molar-refractivity contribution < 1.29 is 27.9 Å². The Morgan fingerprint density at radius 3 is 2.49 bits per heavy atom. The van der Waals surface area contributed by atoms with Crippen LogP contribution in [0.4, 0.5) is 13.6 Å². The van der Waals surface area contributed by atoms with E-state index in [0.717, 1.165) is 12.1 Å². The lowest BCUT2D eigenvalue weighted by Crippen LogP contribution is -2.51. The van der Waals surface area contributed by atoms with E-state index in [0.29, 0.717) is 15.6 Å². The number of nitrogens with zero attached hydrogens (tertiary/aromatic N) is 2. The molecule has 2 atom stereocenters. The summed E-state index contributed by atoms with van der Waals surface area (Å²) in [4.78, 5) is 14.2. The number of carbonyl (C=O) groups excluding carboxylic acids is 1. The van der Waals surface area contributed by atoms with E-state index in [4.69, 9.17) is 32.5 Å². The van der Waals surface area contributed by atoms with Crippen LogP contribution >= 0.6 is 23.2 Å². The van der Waals surface area contributed by atoms with Crippen molar-refractivity contribution in [2.45, 2.75) is 44.3 Å². The molecule has 2 heterocycles. The number of benzene rings is 2. The SMILES string of the molecule is CC(C)(C)OC(=O)N1CC[C@](O)(c2ccc(F)c(F)c2)[C@H](c2cc(-c3c(Cl)cccc3Cl)on2)C1. The zero-order chi connectivity index (χ0) is 25.5. The summed E-state index contributed by atoms with van der Waals surface area (Å²) in [7, 11) is 0. The lowest BCUT2D eigenvalue weighted by atomic mass is 9.74. The van der Waals surface area contributed by atoms with Gasteiger partial charge in [0.25, 0.3) is 0 Å². The van der Waals surface area contributed by atoms with Gasteiger partial charge in [0.2, 0.25) is 0 Å². The number of carbonyl (C=O) groups is 1. The Hall–Kier alpha value is -2.68. The Morgan fingerprint density at radius 1 is 1.17 bits per heavy atom. The molecule has 1 aromatic heterocycles. The molecule has 1 aliphatic heterocycles. The van der Waals surface area contributed by atoms with Gasteiger partial charge in [-0.15, -0.1) is 0 Å². The topological polar surface area (TPSA) is 75.8 Å². The first-order valence-electron chi connectivity index (χ1n) is 11.0. The summed E-state index contributed by atoms with van der Waals surface area (Å²) in [6.07, 6.45) is -0.537. The van der Waals surface area contributed by atoms with Gasteiger partial charge < -0.3 is 19.3 Å². The first-order valence-corrected chi connectivity index (χ1v) is 11.7. The third-order valence-corrected chi connectivity index (χ3v) is 6.54. The molecule has 0 saturated carbocycles. The van der Waals surface area contributed by atoms with Crippen molar-refractivity contribution in [2.24, 2.45) is 0 Å². The monoisotopic (exact) mass is 524 g/mol. The Morgan fingerprint density at radius 2 is 1.86 bits per heavy atom. The van der Waals surface area contributed by atoms with Crippen LogP contribution in [0.25, 0.3) is 11.3 Å². The van der Waals surface area contributed by atoms with E-state index < -0.39 is 34.8 Å². The lowest BCUT2D eigenvalue weighted by molar-refractivity contribution is -0.0545. The fourth-order valence-corrected chi connectivity index (χ4v) is 4.77. The van der Waals surface area contributed by atoms with Gasteiger partial charge in [0.15, 0.2) is 17.4 Å². The van der Waals surface area contributed by atoms with Crippen LogP contribution in [0.5, 0.6) is 0 Å². The number of halogens is 4. The number of ether oxygens (including phenoxy) is 1. The Balaban J connectivity index is 1.75. The summed E-state index contributed by atoms with van der Waals surface area (Å²) < 4.78 is 38.7. The molecule has 0 bridgehead atoms. The van der Waals surface area contributed by atoms with E-state index in [1.807, 2.05) is 0 Å². The Labute approximate surface area is 211 Å². The molecule has 186 valence electrons. The lowest BCUT2D eigenvalue weighted by Gasteiger charge is -2.44. The second-order valence-corrected chi connectivity index (χ2v) is 10.3. The number of hydrogen-bond donors (Lipinski definition) is 1. The predicted octanol–water partition coefficient (Wildman–Crippen LogP) is 6.54. The van der Waals surface area contributed by atoms with Gasteiger partial charge in [-0.3, -0.25) is 0 Å². The molecular weight excluding hydrogens is 501 g/mol. The summed E-state index contributed by atoms with van der Waals surface area (Å²) in [5.74, 6) is -2.71. The molecule has 6 nitrogen and oxygen atoms in total. The summed E-state index contributed by atoms with van der Waals surface area (Å²) in [5, 5.41) is 16.6. The Kier molecular flexibility index (Phi) is 6.83. The van der Waals surface area contributed by atoms with E-state index in [2.05, 4.69) is 5.16 Å². The van der Waals surface area contributed by atoms with Gasteiger partial charge in [-0.25, -0.2) is 13.6 Å². The maximum atomic E-state index is 14.1. The molecule has 0 unspecified atom stereocenters. The molecule has 2 aromatic carbocycles. The molecule has 10 heteroatoms. The highest BCUT2D eigenvalue weighted by Gasteiger charge is 2.47. The first-order chi connectivity index (χ1) is 16.4. The summed E-state index contributed by atoms with van der Waals surface area (Å²) in [5.41, 5.74) is -1.53. The maximum Gasteiger partial charge on any atom is 0.410 e.